The van der Waals surface area contributed by atoms with Crippen molar-refractivity contribution in [3.63, 3.8) is 0 Å². The summed E-state index contributed by atoms with van der Waals surface area (Å²) in [6.07, 6.45) is -3.88. The lowest BCUT2D eigenvalue weighted by molar-refractivity contribution is -0.187. The van der Waals surface area contributed by atoms with Gasteiger partial charge in [0.05, 0.1) is 10.5 Å². The third-order valence-electron chi connectivity index (χ3n) is 6.66. The first-order valence-electron chi connectivity index (χ1n) is 11.2. The summed E-state index contributed by atoms with van der Waals surface area (Å²) in [4.78, 5) is 24.1. The average Bonchev–Trinajstić information content (AvgIpc) is 3.63. The zero-order valence-electron chi connectivity index (χ0n) is 18.7. The molecule has 2 aliphatic rings. The number of alkyl halides is 3. The Bertz CT molecular complexity index is 1180. The average molecular weight is 511 g/mol. The van der Waals surface area contributed by atoms with E-state index in [1.54, 1.807) is 0 Å². The molecule has 0 aromatic heterocycles. The summed E-state index contributed by atoms with van der Waals surface area (Å²) in [5, 5.41) is 8.98. The molecule has 0 radical (unpaired) electrons. The number of amides is 1. The zero-order valence-corrected chi connectivity index (χ0v) is 19.5. The van der Waals surface area contributed by atoms with Crippen LogP contribution in [0.4, 0.5) is 13.2 Å². The topological polar surface area (TPSA) is 95.0 Å². The highest BCUT2D eigenvalue weighted by Gasteiger charge is 2.52. The summed E-state index contributed by atoms with van der Waals surface area (Å²) in [7, 11) is -3.86. The quantitative estimate of drug-likeness (QED) is 0.613. The van der Waals surface area contributed by atoms with E-state index in [4.69, 9.17) is 5.11 Å². The van der Waals surface area contributed by atoms with Gasteiger partial charge in [0.25, 0.3) is 0 Å². The highest BCUT2D eigenvalue weighted by Crippen LogP contribution is 2.46. The number of nitrogens with zero attached hydrogens (tertiary/aromatic N) is 2. The number of aromatic carboxylic acids is 1. The van der Waals surface area contributed by atoms with Crippen molar-refractivity contribution in [2.45, 2.75) is 42.3 Å². The van der Waals surface area contributed by atoms with Crippen LogP contribution >= 0.6 is 0 Å². The van der Waals surface area contributed by atoms with Crippen LogP contribution in [0, 0.1) is 5.92 Å². The first-order valence-corrected chi connectivity index (χ1v) is 12.7. The lowest BCUT2D eigenvalue weighted by atomic mass is 9.97. The molecule has 1 N–H and O–H groups in total. The monoisotopic (exact) mass is 510 g/mol. The predicted octanol–water partition coefficient (Wildman–Crippen LogP) is 3.73. The Morgan fingerprint density at radius 3 is 2.14 bits per heavy atom. The molecule has 2 atom stereocenters. The maximum Gasteiger partial charge on any atom is 0.471 e. The van der Waals surface area contributed by atoms with E-state index in [1.165, 1.54) is 28.6 Å². The maximum atomic E-state index is 13.3. The third kappa shape index (κ3) is 5.51. The molecule has 7 nitrogen and oxygen atoms in total. The number of carboxylic acid groups (broad SMARTS) is 1. The molecule has 1 saturated carbocycles. The van der Waals surface area contributed by atoms with E-state index in [-0.39, 0.29) is 41.9 Å². The number of carbonyl (C=O) groups excluding carboxylic acids is 1. The molecule has 4 rings (SSSR count). The number of rotatable bonds is 7. The molecule has 0 bridgehead atoms. The molecule has 1 heterocycles. The first kappa shape index (κ1) is 25.2. The molecule has 2 fully saturated rings. The molecule has 1 saturated heterocycles. The van der Waals surface area contributed by atoms with Crippen LogP contribution in [0.2, 0.25) is 0 Å². The Balaban J connectivity index is 1.41. The normalized spacial score (nSPS) is 21.5. The van der Waals surface area contributed by atoms with Crippen LogP contribution in [0.15, 0.2) is 59.5 Å². The van der Waals surface area contributed by atoms with Crippen molar-refractivity contribution in [2.75, 3.05) is 19.6 Å². The molecule has 2 aromatic carbocycles. The first-order chi connectivity index (χ1) is 16.5. The van der Waals surface area contributed by atoms with Crippen molar-refractivity contribution in [3.8, 4) is 0 Å². The van der Waals surface area contributed by atoms with Crippen LogP contribution in [0.25, 0.3) is 0 Å². The number of sulfonamides is 1. The van der Waals surface area contributed by atoms with Crippen LogP contribution in [0.5, 0.6) is 0 Å². The van der Waals surface area contributed by atoms with Gasteiger partial charge in [-0.2, -0.15) is 17.5 Å². The summed E-state index contributed by atoms with van der Waals surface area (Å²) in [6, 6.07) is 13.5. The molecule has 2 aromatic rings. The maximum absolute atomic E-state index is 13.3. The number of carbonyl (C=O) groups is 2. The summed E-state index contributed by atoms with van der Waals surface area (Å²) in [6.45, 7) is 0.135. The Morgan fingerprint density at radius 2 is 1.60 bits per heavy atom. The standard InChI is InChI=1S/C24H25F3N2O5S/c25-24(26,27)23(32)29(21-14-20(21)17-4-2-1-3-5-17)15-16-10-12-28(13-11-16)35(33,34)19-8-6-18(7-9-19)22(30)31/h1-9,16,20-21H,10-15H2,(H,30,31). The minimum atomic E-state index is -4.98. The fourth-order valence-electron chi connectivity index (χ4n) is 4.65. The van der Waals surface area contributed by atoms with Gasteiger partial charge in [-0.25, -0.2) is 13.2 Å². The van der Waals surface area contributed by atoms with Gasteiger partial charge in [0, 0.05) is 31.6 Å². The molecule has 1 aliphatic heterocycles. The number of halogens is 3. The van der Waals surface area contributed by atoms with E-state index in [2.05, 4.69) is 0 Å². The Kier molecular flexibility index (Phi) is 6.92. The number of carboxylic acids is 1. The van der Waals surface area contributed by atoms with Crippen molar-refractivity contribution in [1.82, 2.24) is 9.21 Å². The van der Waals surface area contributed by atoms with Crippen LogP contribution in [-0.4, -0.2) is 66.5 Å². The lowest BCUT2D eigenvalue weighted by Gasteiger charge is -2.35. The minimum absolute atomic E-state index is 0.0361. The highest BCUT2D eigenvalue weighted by atomic mass is 32.2. The summed E-state index contributed by atoms with van der Waals surface area (Å²) >= 11 is 0. The second-order valence-corrected chi connectivity index (χ2v) is 10.9. The van der Waals surface area contributed by atoms with Crippen molar-refractivity contribution in [3.05, 3.63) is 65.7 Å². The fourth-order valence-corrected chi connectivity index (χ4v) is 6.11. The van der Waals surface area contributed by atoms with Gasteiger partial charge in [-0.15, -0.1) is 0 Å². The number of hydrogen-bond acceptors (Lipinski definition) is 4. The zero-order chi connectivity index (χ0) is 25.4. The molecule has 0 spiro atoms. The Labute approximate surface area is 201 Å². The van der Waals surface area contributed by atoms with Crippen molar-refractivity contribution in [1.29, 1.82) is 0 Å². The summed E-state index contributed by atoms with van der Waals surface area (Å²) < 4.78 is 67.1. The van der Waals surface area contributed by atoms with Gasteiger partial charge in [-0.3, -0.25) is 4.79 Å². The van der Waals surface area contributed by atoms with Crippen LogP contribution in [-0.2, 0) is 14.8 Å². The second-order valence-electron chi connectivity index (χ2n) is 8.95. The number of benzene rings is 2. The van der Waals surface area contributed by atoms with Gasteiger partial charge in [0.15, 0.2) is 0 Å². The van der Waals surface area contributed by atoms with Gasteiger partial charge in [-0.1, -0.05) is 30.3 Å². The minimum Gasteiger partial charge on any atom is -0.478 e. The lowest BCUT2D eigenvalue weighted by Crippen LogP contribution is -2.47. The SMILES string of the molecule is O=C(O)c1ccc(S(=O)(=O)N2CCC(CN(C(=O)C(F)(F)F)C3CC3c3ccccc3)CC2)cc1. The Morgan fingerprint density at radius 1 is 1.00 bits per heavy atom. The molecule has 11 heteroatoms. The van der Waals surface area contributed by atoms with Crippen LogP contribution < -0.4 is 0 Å². The number of hydrogen-bond donors (Lipinski definition) is 1. The van der Waals surface area contributed by atoms with Gasteiger partial charge in [0.1, 0.15) is 0 Å². The second kappa shape index (κ2) is 9.62. The predicted molar refractivity (Wildman–Crippen MR) is 120 cm³/mol. The molecule has 35 heavy (non-hydrogen) atoms. The molecular formula is C24H25F3N2O5S. The van der Waals surface area contributed by atoms with E-state index in [0.29, 0.717) is 19.3 Å². The van der Waals surface area contributed by atoms with Crippen molar-refractivity contribution in [2.24, 2.45) is 5.92 Å². The molecule has 1 amide bonds. The van der Waals surface area contributed by atoms with E-state index in [1.807, 2.05) is 30.3 Å². The van der Waals surface area contributed by atoms with E-state index in [0.717, 1.165) is 10.5 Å². The highest BCUT2D eigenvalue weighted by molar-refractivity contribution is 7.89. The van der Waals surface area contributed by atoms with Gasteiger partial charge in [0.2, 0.25) is 10.0 Å². The number of piperidine rings is 1. The van der Waals surface area contributed by atoms with E-state index in [9.17, 15) is 31.2 Å². The summed E-state index contributed by atoms with van der Waals surface area (Å²) in [5.74, 6) is -3.43. The van der Waals surface area contributed by atoms with Gasteiger partial charge >= 0.3 is 18.1 Å². The molecule has 2 unspecified atom stereocenters. The Hall–Kier alpha value is -2.92. The van der Waals surface area contributed by atoms with Crippen LogP contribution in [0.1, 0.15) is 41.1 Å². The van der Waals surface area contributed by atoms with Gasteiger partial charge < -0.3 is 10.0 Å². The third-order valence-corrected chi connectivity index (χ3v) is 8.57. The smallest absolute Gasteiger partial charge is 0.471 e. The fraction of sp³-hybridized carbons (Fsp3) is 0.417. The van der Waals surface area contributed by atoms with E-state index < -0.39 is 34.1 Å². The van der Waals surface area contributed by atoms with Gasteiger partial charge in [-0.05, 0) is 55.0 Å². The van der Waals surface area contributed by atoms with E-state index >= 15 is 0 Å². The molecular weight excluding hydrogens is 485 g/mol. The summed E-state index contributed by atoms with van der Waals surface area (Å²) in [5.41, 5.74) is 0.860. The largest absolute Gasteiger partial charge is 0.478 e. The molecule has 1 aliphatic carbocycles. The molecule has 188 valence electrons. The van der Waals surface area contributed by atoms with Crippen LogP contribution in [0.3, 0.4) is 0 Å². The van der Waals surface area contributed by atoms with Crippen molar-refractivity contribution >= 4 is 21.9 Å². The van der Waals surface area contributed by atoms with Crippen molar-refractivity contribution < 1.29 is 36.3 Å².